The quantitative estimate of drug-likeness (QED) is 0.579. The van der Waals surface area contributed by atoms with Gasteiger partial charge in [-0.05, 0) is 18.8 Å². The van der Waals surface area contributed by atoms with E-state index in [4.69, 9.17) is 5.84 Å². The monoisotopic (exact) mass is 289 g/mol. The zero-order valence-corrected chi connectivity index (χ0v) is 12.1. The average molecular weight is 289 g/mol. The Kier molecular flexibility index (Phi) is 3.65. The number of nitrogens with one attached hydrogen (secondary N) is 1. The molecule has 0 aliphatic heterocycles. The molecule has 0 spiro atoms. The molecule has 0 aromatic carbocycles. The third-order valence-corrected chi connectivity index (χ3v) is 3.17. The summed E-state index contributed by atoms with van der Waals surface area (Å²) in [5, 5.41) is 4.05. The van der Waals surface area contributed by atoms with Crippen LogP contribution in [0.25, 0.3) is 5.95 Å². The van der Waals surface area contributed by atoms with Crippen LogP contribution >= 0.6 is 0 Å². The number of anilines is 2. The SMILES string of the molecule is CC(C)CN(c1nc(NN)nc(-n2cncn2)n1)C1CC1. The summed E-state index contributed by atoms with van der Waals surface area (Å²) in [6.45, 7) is 5.25. The van der Waals surface area contributed by atoms with Crippen molar-refractivity contribution in [2.75, 3.05) is 16.9 Å². The van der Waals surface area contributed by atoms with Crippen molar-refractivity contribution in [2.24, 2.45) is 11.8 Å². The van der Waals surface area contributed by atoms with Crippen LogP contribution < -0.4 is 16.2 Å². The molecule has 0 radical (unpaired) electrons. The molecule has 2 aromatic rings. The first kappa shape index (κ1) is 13.7. The zero-order valence-electron chi connectivity index (χ0n) is 12.1. The van der Waals surface area contributed by atoms with E-state index >= 15 is 0 Å². The highest BCUT2D eigenvalue weighted by Gasteiger charge is 2.32. The van der Waals surface area contributed by atoms with Gasteiger partial charge in [0.25, 0.3) is 5.95 Å². The molecule has 0 atom stereocenters. The lowest BCUT2D eigenvalue weighted by Crippen LogP contribution is -2.32. The van der Waals surface area contributed by atoms with E-state index in [-0.39, 0.29) is 0 Å². The summed E-state index contributed by atoms with van der Waals surface area (Å²) in [5.74, 6) is 7.33. The molecular weight excluding hydrogens is 270 g/mol. The van der Waals surface area contributed by atoms with Crippen LogP contribution in [0.2, 0.25) is 0 Å². The van der Waals surface area contributed by atoms with Gasteiger partial charge in [0.05, 0.1) is 0 Å². The van der Waals surface area contributed by atoms with Gasteiger partial charge < -0.3 is 4.90 Å². The molecule has 112 valence electrons. The van der Waals surface area contributed by atoms with Crippen molar-refractivity contribution >= 4 is 11.9 Å². The number of hydrogen-bond acceptors (Lipinski definition) is 8. The van der Waals surface area contributed by atoms with E-state index in [9.17, 15) is 0 Å². The summed E-state index contributed by atoms with van der Waals surface area (Å²) in [5.41, 5.74) is 2.49. The second kappa shape index (κ2) is 5.60. The predicted octanol–water partition coefficient (Wildman–Crippen LogP) is 0.363. The van der Waals surface area contributed by atoms with Gasteiger partial charge in [-0.1, -0.05) is 13.8 Å². The predicted molar refractivity (Wildman–Crippen MR) is 77.8 cm³/mol. The van der Waals surface area contributed by atoms with Gasteiger partial charge >= 0.3 is 0 Å². The minimum absolute atomic E-state index is 0.319. The first-order valence-electron chi connectivity index (χ1n) is 7.01. The van der Waals surface area contributed by atoms with Gasteiger partial charge in [-0.25, -0.2) is 10.8 Å². The molecular formula is C12H19N9. The second-order valence-electron chi connectivity index (χ2n) is 5.52. The summed E-state index contributed by atoms with van der Waals surface area (Å²) >= 11 is 0. The van der Waals surface area contributed by atoms with Crippen molar-refractivity contribution in [2.45, 2.75) is 32.7 Å². The number of rotatable bonds is 6. The van der Waals surface area contributed by atoms with Crippen molar-refractivity contribution in [3.63, 3.8) is 0 Å². The van der Waals surface area contributed by atoms with E-state index in [1.807, 2.05) is 0 Å². The molecule has 21 heavy (non-hydrogen) atoms. The smallest absolute Gasteiger partial charge is 0.258 e. The van der Waals surface area contributed by atoms with E-state index in [2.05, 4.69) is 49.2 Å². The first-order chi connectivity index (χ1) is 10.2. The molecule has 0 bridgehead atoms. The Bertz CT molecular complexity index is 591. The third-order valence-electron chi connectivity index (χ3n) is 3.17. The molecule has 0 unspecified atom stereocenters. The third kappa shape index (κ3) is 3.07. The Balaban J connectivity index is 1.98. The number of nitrogens with zero attached hydrogens (tertiary/aromatic N) is 7. The maximum absolute atomic E-state index is 5.47. The van der Waals surface area contributed by atoms with Crippen LogP contribution in [-0.2, 0) is 0 Å². The molecule has 3 rings (SSSR count). The standard InChI is InChI=1S/C12H19N9/c1-8(2)5-20(9-3-4-9)11-16-10(19-13)17-12(18-11)21-7-14-6-15-21/h6-9H,3-5,13H2,1-2H3,(H,16,17,18,19). The zero-order chi connectivity index (χ0) is 14.8. The van der Waals surface area contributed by atoms with Crippen LogP contribution in [-0.4, -0.2) is 42.3 Å². The Labute approximate surface area is 122 Å². The number of aromatic nitrogens is 6. The molecule has 1 fully saturated rings. The van der Waals surface area contributed by atoms with E-state index in [1.165, 1.54) is 23.9 Å². The minimum Gasteiger partial charge on any atom is -0.337 e. The highest BCUT2D eigenvalue weighted by Crippen LogP contribution is 2.30. The second-order valence-corrected chi connectivity index (χ2v) is 5.52. The molecule has 2 heterocycles. The molecule has 9 nitrogen and oxygen atoms in total. The fourth-order valence-corrected chi connectivity index (χ4v) is 2.13. The van der Waals surface area contributed by atoms with Crippen molar-refractivity contribution in [1.82, 2.24) is 29.7 Å². The molecule has 1 saturated carbocycles. The topological polar surface area (TPSA) is 111 Å². The summed E-state index contributed by atoms with van der Waals surface area (Å²) in [6.07, 6.45) is 5.32. The van der Waals surface area contributed by atoms with Gasteiger partial charge in [0.2, 0.25) is 11.9 Å². The van der Waals surface area contributed by atoms with Crippen molar-refractivity contribution < 1.29 is 0 Å². The fraction of sp³-hybridized carbons (Fsp3) is 0.583. The van der Waals surface area contributed by atoms with Crippen LogP contribution in [0.15, 0.2) is 12.7 Å². The molecule has 0 amide bonds. The van der Waals surface area contributed by atoms with Gasteiger partial charge in [0, 0.05) is 12.6 Å². The lowest BCUT2D eigenvalue weighted by molar-refractivity contribution is 0.594. The van der Waals surface area contributed by atoms with Crippen LogP contribution in [0.4, 0.5) is 11.9 Å². The van der Waals surface area contributed by atoms with Crippen LogP contribution in [0.5, 0.6) is 0 Å². The van der Waals surface area contributed by atoms with Crippen molar-refractivity contribution in [3.05, 3.63) is 12.7 Å². The lowest BCUT2D eigenvalue weighted by atomic mass is 10.2. The summed E-state index contributed by atoms with van der Waals surface area (Å²) < 4.78 is 1.49. The van der Waals surface area contributed by atoms with E-state index in [0.29, 0.717) is 29.8 Å². The Morgan fingerprint density at radius 2 is 2.19 bits per heavy atom. The van der Waals surface area contributed by atoms with Crippen LogP contribution in [0.1, 0.15) is 26.7 Å². The molecule has 0 saturated heterocycles. The molecule has 9 heteroatoms. The van der Waals surface area contributed by atoms with Gasteiger partial charge in [0.1, 0.15) is 12.7 Å². The van der Waals surface area contributed by atoms with Gasteiger partial charge in [0.15, 0.2) is 0 Å². The molecule has 2 aromatic heterocycles. The number of hydrazine groups is 1. The Hall–Kier alpha value is -2.29. The minimum atomic E-state index is 0.319. The van der Waals surface area contributed by atoms with Gasteiger partial charge in [-0.2, -0.15) is 24.7 Å². The van der Waals surface area contributed by atoms with E-state index in [1.54, 1.807) is 6.33 Å². The van der Waals surface area contributed by atoms with Crippen molar-refractivity contribution in [3.8, 4) is 5.95 Å². The lowest BCUT2D eigenvalue weighted by Gasteiger charge is -2.24. The first-order valence-corrected chi connectivity index (χ1v) is 7.01. The van der Waals surface area contributed by atoms with Crippen LogP contribution in [0, 0.1) is 5.92 Å². The summed E-state index contributed by atoms with van der Waals surface area (Å²) in [6, 6.07) is 0.504. The maximum atomic E-state index is 5.47. The van der Waals surface area contributed by atoms with E-state index in [0.717, 1.165) is 6.54 Å². The van der Waals surface area contributed by atoms with Crippen molar-refractivity contribution in [1.29, 1.82) is 0 Å². The van der Waals surface area contributed by atoms with E-state index < -0.39 is 0 Å². The fourth-order valence-electron chi connectivity index (χ4n) is 2.13. The Morgan fingerprint density at radius 3 is 2.76 bits per heavy atom. The highest BCUT2D eigenvalue weighted by molar-refractivity contribution is 5.41. The van der Waals surface area contributed by atoms with Gasteiger partial charge in [-0.15, -0.1) is 0 Å². The summed E-state index contributed by atoms with van der Waals surface area (Å²) in [4.78, 5) is 19.2. The molecule has 3 N–H and O–H groups in total. The average Bonchev–Trinajstić information content (AvgIpc) is 3.17. The molecule has 1 aliphatic carbocycles. The summed E-state index contributed by atoms with van der Waals surface area (Å²) in [7, 11) is 0. The highest BCUT2D eigenvalue weighted by atomic mass is 15.4. The normalized spacial score (nSPS) is 14.5. The molecule has 1 aliphatic rings. The number of nitrogen functional groups attached to an aromatic ring is 1. The maximum Gasteiger partial charge on any atom is 0.258 e. The largest absolute Gasteiger partial charge is 0.337 e. The number of hydrogen-bond donors (Lipinski definition) is 2. The van der Waals surface area contributed by atoms with Crippen LogP contribution in [0.3, 0.4) is 0 Å². The number of nitrogens with two attached hydrogens (primary N) is 1. The van der Waals surface area contributed by atoms with Gasteiger partial charge in [-0.3, -0.25) is 5.43 Å². The Morgan fingerprint density at radius 1 is 1.38 bits per heavy atom.